The lowest BCUT2D eigenvalue weighted by atomic mass is 10.1. The number of nitrogens with zero attached hydrogens (tertiary/aromatic N) is 4. The molecule has 1 unspecified atom stereocenters. The van der Waals surface area contributed by atoms with Crippen molar-refractivity contribution in [3.63, 3.8) is 0 Å². The fraction of sp³-hybridized carbons (Fsp3) is 0.556. The fourth-order valence-electron chi connectivity index (χ4n) is 3.76. The summed E-state index contributed by atoms with van der Waals surface area (Å²) in [5.74, 6) is 0.244. The van der Waals surface area contributed by atoms with E-state index in [1.54, 1.807) is 17.0 Å². The Labute approximate surface area is 232 Å². The molecule has 1 aromatic heterocycles. The van der Waals surface area contributed by atoms with Gasteiger partial charge in [-0.15, -0.1) is 0 Å². The van der Waals surface area contributed by atoms with E-state index in [0.29, 0.717) is 37.9 Å². The van der Waals surface area contributed by atoms with E-state index in [9.17, 15) is 14.7 Å². The van der Waals surface area contributed by atoms with Gasteiger partial charge < -0.3 is 24.4 Å². The molecule has 1 saturated carbocycles. The fourth-order valence-corrected chi connectivity index (χ4v) is 4.22. The van der Waals surface area contributed by atoms with Crippen LogP contribution in [-0.2, 0) is 4.74 Å². The molecule has 1 aromatic carbocycles. The van der Waals surface area contributed by atoms with Crippen LogP contribution < -0.4 is 4.74 Å². The lowest BCUT2D eigenvalue weighted by Crippen LogP contribution is -2.41. The van der Waals surface area contributed by atoms with Crippen molar-refractivity contribution in [2.24, 2.45) is 0 Å². The molecular weight excluding hydrogens is 587 g/mol. The highest BCUT2D eigenvalue weighted by atomic mass is 127. The number of carbonyl (C=O) groups is 2. The van der Waals surface area contributed by atoms with Crippen molar-refractivity contribution in [1.82, 2.24) is 19.8 Å². The molecule has 37 heavy (non-hydrogen) atoms. The molecule has 0 bridgehead atoms. The molecule has 9 nitrogen and oxygen atoms in total. The molecule has 1 fully saturated rings. The number of carbonyl (C=O) groups excluding carboxylic acids is 1. The Hall–Kier alpha value is -2.47. The number of likely N-dealkylation sites (N-methyl/N-ethyl adjacent to an activating group) is 2. The largest absolute Gasteiger partial charge is 0.480 e. The number of aromatic carboxylic acids is 1. The van der Waals surface area contributed by atoms with E-state index >= 15 is 0 Å². The van der Waals surface area contributed by atoms with Crippen LogP contribution >= 0.6 is 22.6 Å². The molecule has 10 heteroatoms. The summed E-state index contributed by atoms with van der Waals surface area (Å²) in [6.07, 6.45) is 5.04. The number of rotatable bonds is 11. The summed E-state index contributed by atoms with van der Waals surface area (Å²) in [6, 6.07) is 3.36. The van der Waals surface area contributed by atoms with E-state index in [1.165, 1.54) is 0 Å². The second kappa shape index (κ2) is 12.4. The molecule has 1 atom stereocenters. The first-order valence-electron chi connectivity index (χ1n) is 12.6. The van der Waals surface area contributed by atoms with Gasteiger partial charge in [0.05, 0.1) is 0 Å². The van der Waals surface area contributed by atoms with Crippen molar-refractivity contribution >= 4 is 34.7 Å². The van der Waals surface area contributed by atoms with Gasteiger partial charge >= 0.3 is 12.1 Å². The minimum absolute atomic E-state index is 0.0966. The van der Waals surface area contributed by atoms with Gasteiger partial charge in [0.25, 0.3) is 0 Å². The normalized spacial score (nSPS) is 14.4. The van der Waals surface area contributed by atoms with Crippen LogP contribution in [0.25, 0.3) is 0 Å². The standard InChI is InChI=1S/C27H37IN4O5/c1-7-32(26(35)37-27(3,4)5)11-10-31(6)16-23(24-29-14-19(15-30-24)18-8-9-18)36-22-12-17(2)21(28)13-20(22)25(33)34/h12-15,18,23H,7-11,16H2,1-6H3,(H,33,34). The summed E-state index contributed by atoms with van der Waals surface area (Å²) in [7, 11) is 1.93. The number of carboxylic acid groups (broad SMARTS) is 1. The Kier molecular flexibility index (Phi) is 9.74. The molecule has 1 amide bonds. The second-order valence-electron chi connectivity index (χ2n) is 10.5. The quantitative estimate of drug-likeness (QED) is 0.337. The summed E-state index contributed by atoms with van der Waals surface area (Å²) in [5, 5.41) is 9.78. The molecule has 0 spiro atoms. The van der Waals surface area contributed by atoms with Gasteiger partial charge in [0.2, 0.25) is 0 Å². The summed E-state index contributed by atoms with van der Waals surface area (Å²) in [4.78, 5) is 37.3. The Morgan fingerprint density at radius 2 is 1.84 bits per heavy atom. The number of benzene rings is 1. The van der Waals surface area contributed by atoms with Crippen LogP contribution in [0.5, 0.6) is 5.75 Å². The van der Waals surface area contributed by atoms with E-state index in [0.717, 1.165) is 27.5 Å². The van der Waals surface area contributed by atoms with Crippen LogP contribution in [0.1, 0.15) is 79.9 Å². The van der Waals surface area contributed by atoms with Gasteiger partial charge in [-0.1, -0.05) is 0 Å². The lowest BCUT2D eigenvalue weighted by molar-refractivity contribution is 0.0240. The van der Waals surface area contributed by atoms with E-state index in [-0.39, 0.29) is 17.4 Å². The van der Waals surface area contributed by atoms with Crippen LogP contribution in [0.2, 0.25) is 0 Å². The molecule has 1 N–H and O–H groups in total. The Morgan fingerprint density at radius 3 is 2.38 bits per heavy atom. The number of carboxylic acids is 1. The Morgan fingerprint density at radius 1 is 1.19 bits per heavy atom. The first-order valence-corrected chi connectivity index (χ1v) is 13.6. The maximum atomic E-state index is 12.5. The van der Waals surface area contributed by atoms with Gasteiger partial charge in [-0.3, -0.25) is 0 Å². The molecule has 1 aliphatic rings. The molecule has 0 radical (unpaired) electrons. The minimum atomic E-state index is -1.05. The molecule has 202 valence electrons. The average molecular weight is 625 g/mol. The molecule has 0 saturated heterocycles. The predicted octanol–water partition coefficient (Wildman–Crippen LogP) is 5.27. The van der Waals surface area contributed by atoms with E-state index in [1.807, 2.05) is 59.0 Å². The number of halogens is 1. The average Bonchev–Trinajstić information content (AvgIpc) is 3.65. The third-order valence-corrected chi connectivity index (χ3v) is 7.21. The zero-order valence-corrected chi connectivity index (χ0v) is 24.6. The first kappa shape index (κ1) is 29.1. The Balaban J connectivity index is 1.78. The van der Waals surface area contributed by atoms with Gasteiger partial charge in [-0.2, -0.15) is 0 Å². The van der Waals surface area contributed by atoms with E-state index in [4.69, 9.17) is 9.47 Å². The van der Waals surface area contributed by atoms with Gasteiger partial charge in [-0.25, -0.2) is 19.6 Å². The van der Waals surface area contributed by atoms with Crippen LogP contribution in [0.15, 0.2) is 24.5 Å². The number of aryl methyl sites for hydroxylation is 1. The lowest BCUT2D eigenvalue weighted by Gasteiger charge is -2.29. The number of hydrogen-bond donors (Lipinski definition) is 1. The number of hydrogen-bond acceptors (Lipinski definition) is 7. The zero-order chi connectivity index (χ0) is 27.3. The monoisotopic (exact) mass is 624 g/mol. The summed E-state index contributed by atoms with van der Waals surface area (Å²) in [6.45, 7) is 11.3. The first-order chi connectivity index (χ1) is 17.4. The SMILES string of the molecule is CCN(CCN(C)CC(Oc1cc(C)c(I)cc1C(=O)O)c1ncc(C2CC2)cn1)C(=O)OC(C)(C)C. The third kappa shape index (κ3) is 8.53. The predicted molar refractivity (Wildman–Crippen MR) is 149 cm³/mol. The van der Waals surface area contributed by atoms with Gasteiger partial charge in [0.1, 0.15) is 16.9 Å². The molecule has 1 aliphatic carbocycles. The highest BCUT2D eigenvalue weighted by molar-refractivity contribution is 14.1. The molecule has 1 heterocycles. The topological polar surface area (TPSA) is 105 Å². The van der Waals surface area contributed by atoms with Crippen LogP contribution in [-0.4, -0.2) is 75.8 Å². The van der Waals surface area contributed by atoms with Crippen molar-refractivity contribution in [1.29, 1.82) is 0 Å². The van der Waals surface area contributed by atoms with Crippen molar-refractivity contribution in [2.45, 2.75) is 65.1 Å². The van der Waals surface area contributed by atoms with Crippen molar-refractivity contribution in [3.05, 3.63) is 50.6 Å². The van der Waals surface area contributed by atoms with Gasteiger partial charge in [0, 0.05) is 42.1 Å². The second-order valence-corrected chi connectivity index (χ2v) is 11.6. The minimum Gasteiger partial charge on any atom is -0.480 e. The van der Waals surface area contributed by atoms with Crippen LogP contribution in [0, 0.1) is 10.5 Å². The molecule has 0 aliphatic heterocycles. The summed E-state index contributed by atoms with van der Waals surface area (Å²) < 4.78 is 12.7. The zero-order valence-electron chi connectivity index (χ0n) is 22.5. The van der Waals surface area contributed by atoms with E-state index in [2.05, 4.69) is 32.6 Å². The summed E-state index contributed by atoms with van der Waals surface area (Å²) >= 11 is 2.12. The third-order valence-electron chi connectivity index (χ3n) is 6.05. The van der Waals surface area contributed by atoms with Crippen LogP contribution in [0.4, 0.5) is 4.79 Å². The van der Waals surface area contributed by atoms with Gasteiger partial charge in [0.15, 0.2) is 11.9 Å². The molecule has 3 rings (SSSR count). The number of aromatic nitrogens is 2. The number of ether oxygens (including phenoxy) is 2. The summed E-state index contributed by atoms with van der Waals surface area (Å²) in [5.41, 5.74) is 1.57. The van der Waals surface area contributed by atoms with Crippen molar-refractivity contribution in [3.8, 4) is 5.75 Å². The highest BCUT2D eigenvalue weighted by Crippen LogP contribution is 2.39. The van der Waals surface area contributed by atoms with Crippen molar-refractivity contribution in [2.75, 3.05) is 33.2 Å². The maximum Gasteiger partial charge on any atom is 0.410 e. The number of amides is 1. The molecule has 2 aromatic rings. The Bertz CT molecular complexity index is 1100. The van der Waals surface area contributed by atoms with Gasteiger partial charge in [-0.05, 0) is 106 Å². The molecular formula is C27H37IN4O5. The highest BCUT2D eigenvalue weighted by Gasteiger charge is 2.27. The maximum absolute atomic E-state index is 12.5. The van der Waals surface area contributed by atoms with Crippen molar-refractivity contribution < 1.29 is 24.2 Å². The van der Waals surface area contributed by atoms with Crippen LogP contribution in [0.3, 0.4) is 0 Å². The van der Waals surface area contributed by atoms with E-state index < -0.39 is 17.7 Å². The smallest absolute Gasteiger partial charge is 0.410 e.